The smallest absolute Gasteiger partial charge is 0.306 e. The van der Waals surface area contributed by atoms with Crippen LogP contribution in [0.1, 0.15) is 278 Å². The lowest BCUT2D eigenvalue weighted by atomic mass is 10.1. The molecular weight excluding hydrogens is 877 g/mol. The molecule has 0 saturated carbocycles. The Morgan fingerprint density at radius 3 is 1.03 bits per heavy atom. The lowest BCUT2D eigenvalue weighted by molar-refractivity contribution is -0.167. The van der Waals surface area contributed by atoms with E-state index in [2.05, 4.69) is 118 Å². The van der Waals surface area contributed by atoms with Gasteiger partial charge in [0.15, 0.2) is 6.10 Å². The largest absolute Gasteiger partial charge is 0.462 e. The van der Waals surface area contributed by atoms with Crippen LogP contribution >= 0.6 is 0 Å². The van der Waals surface area contributed by atoms with Crippen LogP contribution in [0.25, 0.3) is 0 Å². The molecule has 0 aromatic heterocycles. The van der Waals surface area contributed by atoms with Crippen LogP contribution in [0.15, 0.2) is 97.2 Å². The lowest BCUT2D eigenvalue weighted by Crippen LogP contribution is -2.30. The van der Waals surface area contributed by atoms with Crippen molar-refractivity contribution in [2.75, 3.05) is 13.2 Å². The average molecular weight is 988 g/mol. The first-order valence-electron chi connectivity index (χ1n) is 29.8. The highest BCUT2D eigenvalue weighted by atomic mass is 16.6. The van der Waals surface area contributed by atoms with Gasteiger partial charge in [0.1, 0.15) is 13.2 Å². The Morgan fingerprint density at radius 1 is 0.310 bits per heavy atom. The maximum atomic E-state index is 12.9. The van der Waals surface area contributed by atoms with E-state index < -0.39 is 6.10 Å². The number of allylic oxidation sites excluding steroid dienone is 16. The van der Waals surface area contributed by atoms with Crippen LogP contribution in [0.2, 0.25) is 0 Å². The van der Waals surface area contributed by atoms with E-state index in [9.17, 15) is 14.4 Å². The van der Waals surface area contributed by atoms with E-state index in [-0.39, 0.29) is 31.1 Å². The van der Waals surface area contributed by atoms with E-state index in [1.807, 2.05) is 0 Å². The standard InChI is InChI=1S/C65H110O6/c1-4-7-10-13-16-19-22-25-28-30-32-34-37-40-43-46-49-52-55-58-64(67)70-61-62(60-69-63(66)57-54-51-48-45-42-39-36-27-24-21-18-15-12-9-6-3)71-65(68)59-56-53-50-47-44-41-38-35-33-31-29-26-23-20-17-14-11-8-5-2/h7,9-10,12,15-21,23-26,28,62H,4-6,8,11,13-14,22,27,29-61H2,1-3H3/b10-7-,12-9-,18-15-,19-16-,20-17-,24-21-,26-23-,28-25-. The molecule has 0 aromatic rings. The van der Waals surface area contributed by atoms with Crippen molar-refractivity contribution in [1.82, 2.24) is 0 Å². The van der Waals surface area contributed by atoms with Crippen molar-refractivity contribution in [3.05, 3.63) is 97.2 Å². The average Bonchev–Trinajstić information content (AvgIpc) is 3.37. The number of carbonyl (C=O) groups excluding carboxylic acids is 3. The zero-order valence-electron chi connectivity index (χ0n) is 46.5. The van der Waals surface area contributed by atoms with Crippen LogP contribution in [-0.2, 0) is 28.6 Å². The fourth-order valence-corrected chi connectivity index (χ4v) is 8.21. The summed E-state index contributed by atoms with van der Waals surface area (Å²) < 4.78 is 16.9. The molecule has 0 aliphatic rings. The van der Waals surface area contributed by atoms with Gasteiger partial charge in [-0.05, 0) is 96.3 Å². The van der Waals surface area contributed by atoms with E-state index in [1.165, 1.54) is 148 Å². The summed E-state index contributed by atoms with van der Waals surface area (Å²) in [5, 5.41) is 0. The van der Waals surface area contributed by atoms with Crippen LogP contribution in [0.3, 0.4) is 0 Å². The molecule has 71 heavy (non-hydrogen) atoms. The molecule has 0 spiro atoms. The Hall–Kier alpha value is -3.67. The lowest BCUT2D eigenvalue weighted by Gasteiger charge is -2.18. The Morgan fingerprint density at radius 2 is 0.620 bits per heavy atom. The second kappa shape index (κ2) is 58.9. The number of rotatable bonds is 53. The minimum atomic E-state index is -0.788. The molecule has 0 rings (SSSR count). The summed E-state index contributed by atoms with van der Waals surface area (Å²) in [6, 6.07) is 0. The molecule has 0 aliphatic carbocycles. The third-order valence-electron chi connectivity index (χ3n) is 12.6. The third kappa shape index (κ3) is 57.1. The van der Waals surface area contributed by atoms with E-state index in [0.717, 1.165) is 89.9 Å². The van der Waals surface area contributed by atoms with Crippen LogP contribution in [0, 0.1) is 0 Å². The highest BCUT2D eigenvalue weighted by molar-refractivity contribution is 5.71. The molecule has 0 aromatic carbocycles. The van der Waals surface area contributed by atoms with Crippen LogP contribution in [0.5, 0.6) is 0 Å². The van der Waals surface area contributed by atoms with Gasteiger partial charge in [0, 0.05) is 19.3 Å². The predicted octanol–water partition coefficient (Wildman–Crippen LogP) is 20.1. The molecule has 0 aliphatic heterocycles. The molecule has 1 unspecified atom stereocenters. The molecule has 0 radical (unpaired) electrons. The molecule has 6 nitrogen and oxygen atoms in total. The first kappa shape index (κ1) is 67.3. The third-order valence-corrected chi connectivity index (χ3v) is 12.6. The number of hydrogen-bond donors (Lipinski definition) is 0. The SMILES string of the molecule is CC\C=C/C=C\C=C/CCCCCCCCCC(=O)OCC(COC(=O)CCCCCCCCCCC/C=C\C/C=C\C/C=C\CC)OC(=O)CCCCCCCCCCCC/C=C\C=C/CCCCC. The van der Waals surface area contributed by atoms with Gasteiger partial charge in [-0.15, -0.1) is 0 Å². The summed E-state index contributed by atoms with van der Waals surface area (Å²) in [5.41, 5.74) is 0. The van der Waals surface area contributed by atoms with Crippen LogP contribution in [-0.4, -0.2) is 37.2 Å². The highest BCUT2D eigenvalue weighted by Gasteiger charge is 2.19. The van der Waals surface area contributed by atoms with Crippen molar-refractivity contribution in [1.29, 1.82) is 0 Å². The topological polar surface area (TPSA) is 78.9 Å². The summed E-state index contributed by atoms with van der Waals surface area (Å²) >= 11 is 0. The van der Waals surface area contributed by atoms with Gasteiger partial charge < -0.3 is 14.2 Å². The zero-order chi connectivity index (χ0) is 51.4. The first-order valence-corrected chi connectivity index (χ1v) is 29.8. The number of hydrogen-bond acceptors (Lipinski definition) is 6. The van der Waals surface area contributed by atoms with E-state index in [0.29, 0.717) is 19.3 Å². The maximum Gasteiger partial charge on any atom is 0.306 e. The molecule has 406 valence electrons. The minimum absolute atomic E-state index is 0.0856. The van der Waals surface area contributed by atoms with Crippen molar-refractivity contribution in [2.24, 2.45) is 0 Å². The second-order valence-corrected chi connectivity index (χ2v) is 19.6. The van der Waals surface area contributed by atoms with Gasteiger partial charge in [-0.3, -0.25) is 14.4 Å². The summed E-state index contributed by atoms with van der Waals surface area (Å²) in [6.07, 6.45) is 78.2. The Balaban J connectivity index is 4.40. The number of ether oxygens (including phenoxy) is 3. The van der Waals surface area contributed by atoms with Crippen molar-refractivity contribution in [3.63, 3.8) is 0 Å². The number of esters is 3. The van der Waals surface area contributed by atoms with Gasteiger partial charge in [0.05, 0.1) is 0 Å². The quantitative estimate of drug-likeness (QED) is 0.0199. The summed E-state index contributed by atoms with van der Waals surface area (Å²) in [5.74, 6) is -0.900. The Labute approximate surface area is 438 Å². The molecule has 6 heteroatoms. The van der Waals surface area contributed by atoms with E-state index in [4.69, 9.17) is 14.2 Å². The van der Waals surface area contributed by atoms with Crippen molar-refractivity contribution in [2.45, 2.75) is 284 Å². The van der Waals surface area contributed by atoms with Crippen molar-refractivity contribution >= 4 is 17.9 Å². The molecule has 0 fully saturated rings. The summed E-state index contributed by atoms with van der Waals surface area (Å²) in [6.45, 7) is 6.37. The number of unbranched alkanes of at least 4 members (excludes halogenated alkanes) is 29. The Bertz CT molecular complexity index is 1410. The van der Waals surface area contributed by atoms with E-state index in [1.54, 1.807) is 0 Å². The molecule has 0 saturated heterocycles. The molecule has 0 N–H and O–H groups in total. The summed E-state index contributed by atoms with van der Waals surface area (Å²) in [7, 11) is 0. The van der Waals surface area contributed by atoms with Crippen molar-refractivity contribution in [3.8, 4) is 0 Å². The predicted molar refractivity (Wildman–Crippen MR) is 307 cm³/mol. The second-order valence-electron chi connectivity index (χ2n) is 19.6. The molecule has 0 bridgehead atoms. The minimum Gasteiger partial charge on any atom is -0.462 e. The molecule has 0 amide bonds. The van der Waals surface area contributed by atoms with Gasteiger partial charge in [0.2, 0.25) is 0 Å². The molecule has 1 atom stereocenters. The van der Waals surface area contributed by atoms with Gasteiger partial charge in [-0.25, -0.2) is 0 Å². The fourth-order valence-electron chi connectivity index (χ4n) is 8.21. The van der Waals surface area contributed by atoms with Crippen LogP contribution < -0.4 is 0 Å². The van der Waals surface area contributed by atoms with E-state index >= 15 is 0 Å². The van der Waals surface area contributed by atoms with Gasteiger partial charge in [-0.2, -0.15) is 0 Å². The van der Waals surface area contributed by atoms with Gasteiger partial charge in [-0.1, -0.05) is 259 Å². The molecular formula is C65H110O6. The van der Waals surface area contributed by atoms with Gasteiger partial charge >= 0.3 is 17.9 Å². The number of carbonyl (C=O) groups is 3. The maximum absolute atomic E-state index is 12.9. The van der Waals surface area contributed by atoms with Gasteiger partial charge in [0.25, 0.3) is 0 Å². The van der Waals surface area contributed by atoms with Crippen LogP contribution in [0.4, 0.5) is 0 Å². The first-order chi connectivity index (χ1) is 35.0. The highest BCUT2D eigenvalue weighted by Crippen LogP contribution is 2.16. The van der Waals surface area contributed by atoms with Crippen molar-refractivity contribution < 1.29 is 28.6 Å². The Kier molecular flexibility index (Phi) is 55.9. The normalized spacial score (nSPS) is 12.8. The summed E-state index contributed by atoms with van der Waals surface area (Å²) in [4.78, 5) is 38.2. The zero-order valence-corrected chi connectivity index (χ0v) is 46.5. The fraction of sp³-hybridized carbons (Fsp3) is 0.708. The molecule has 0 heterocycles. The monoisotopic (exact) mass is 987 g/mol.